The first-order valence-corrected chi connectivity index (χ1v) is 7.35. The van der Waals surface area contributed by atoms with Crippen molar-refractivity contribution in [3.8, 4) is 0 Å². The van der Waals surface area contributed by atoms with Crippen LogP contribution in [0.5, 0.6) is 0 Å². The van der Waals surface area contributed by atoms with Crippen LogP contribution in [0.1, 0.15) is 32.6 Å². The maximum absolute atomic E-state index is 11.6. The highest BCUT2D eigenvalue weighted by molar-refractivity contribution is 9.12. The number of rotatable bonds is 5. The van der Waals surface area contributed by atoms with Crippen molar-refractivity contribution >= 4 is 37.6 Å². The molecule has 0 saturated heterocycles. The number of alkyl halides is 2. The van der Waals surface area contributed by atoms with E-state index in [1.807, 2.05) is 0 Å². The average Bonchev–Trinajstić information content (AvgIpc) is 2.59. The Labute approximate surface area is 108 Å². The Bertz CT molecular complexity index is 221. The van der Waals surface area contributed by atoms with Crippen LogP contribution in [0.25, 0.3) is 0 Å². The van der Waals surface area contributed by atoms with E-state index in [2.05, 4.69) is 38.8 Å². The standard InChI is InChI=1S/C11H18Br2O2/c1-2-9(12)10(13)5-8-7(6-14)3-4-11(8)15/h7-10,14H,2-6H2,1H3. The van der Waals surface area contributed by atoms with Gasteiger partial charge in [-0.3, -0.25) is 4.79 Å². The first-order chi connectivity index (χ1) is 7.10. The smallest absolute Gasteiger partial charge is 0.136 e. The van der Waals surface area contributed by atoms with E-state index in [4.69, 9.17) is 0 Å². The van der Waals surface area contributed by atoms with Gasteiger partial charge >= 0.3 is 0 Å². The van der Waals surface area contributed by atoms with Crippen LogP contribution in [-0.2, 0) is 4.79 Å². The summed E-state index contributed by atoms with van der Waals surface area (Å²) >= 11 is 7.21. The predicted molar refractivity (Wildman–Crippen MR) is 68.6 cm³/mol. The van der Waals surface area contributed by atoms with Gasteiger partial charge in [0.05, 0.1) is 0 Å². The molecule has 0 aromatic heterocycles. The minimum absolute atomic E-state index is 0.0611. The molecule has 4 heteroatoms. The first-order valence-electron chi connectivity index (χ1n) is 5.51. The number of Topliss-reactive ketones (excluding diaryl/α,β-unsaturated/α-hetero) is 1. The summed E-state index contributed by atoms with van der Waals surface area (Å²) in [6, 6.07) is 0. The Morgan fingerprint density at radius 2 is 2.13 bits per heavy atom. The second-order valence-electron chi connectivity index (χ2n) is 4.23. The van der Waals surface area contributed by atoms with E-state index in [0.717, 1.165) is 19.3 Å². The molecule has 15 heavy (non-hydrogen) atoms. The Balaban J connectivity index is 2.51. The number of carbonyl (C=O) groups excluding carboxylic acids is 1. The van der Waals surface area contributed by atoms with Gasteiger partial charge in [0.25, 0.3) is 0 Å². The summed E-state index contributed by atoms with van der Waals surface area (Å²) in [7, 11) is 0. The zero-order valence-electron chi connectivity index (χ0n) is 8.96. The van der Waals surface area contributed by atoms with Gasteiger partial charge in [0.15, 0.2) is 0 Å². The van der Waals surface area contributed by atoms with Crippen LogP contribution in [0.4, 0.5) is 0 Å². The molecule has 0 amide bonds. The minimum atomic E-state index is 0.0611. The zero-order valence-corrected chi connectivity index (χ0v) is 12.1. The molecule has 0 spiro atoms. The van der Waals surface area contributed by atoms with Gasteiger partial charge < -0.3 is 5.11 Å². The van der Waals surface area contributed by atoms with Crippen molar-refractivity contribution in [3.63, 3.8) is 0 Å². The Morgan fingerprint density at radius 3 is 2.67 bits per heavy atom. The van der Waals surface area contributed by atoms with Gasteiger partial charge in [-0.25, -0.2) is 0 Å². The second-order valence-corrected chi connectivity index (χ2v) is 6.58. The van der Waals surface area contributed by atoms with E-state index in [-0.39, 0.29) is 18.4 Å². The van der Waals surface area contributed by atoms with E-state index in [0.29, 0.717) is 21.9 Å². The van der Waals surface area contributed by atoms with Crippen molar-refractivity contribution in [2.24, 2.45) is 11.8 Å². The van der Waals surface area contributed by atoms with Crippen LogP contribution in [0.3, 0.4) is 0 Å². The molecule has 1 N–H and O–H groups in total. The van der Waals surface area contributed by atoms with Crippen molar-refractivity contribution < 1.29 is 9.90 Å². The molecule has 0 bridgehead atoms. The molecule has 1 aliphatic rings. The zero-order chi connectivity index (χ0) is 11.4. The number of halogens is 2. The number of carbonyl (C=O) groups is 1. The summed E-state index contributed by atoms with van der Waals surface area (Å²) in [5, 5.41) is 9.18. The molecular weight excluding hydrogens is 324 g/mol. The number of aliphatic hydroxyl groups is 1. The predicted octanol–water partition coefficient (Wildman–Crippen LogP) is 2.90. The molecule has 0 heterocycles. The highest BCUT2D eigenvalue weighted by Gasteiger charge is 2.36. The number of aliphatic hydroxyl groups excluding tert-OH is 1. The van der Waals surface area contributed by atoms with Crippen molar-refractivity contribution in [3.05, 3.63) is 0 Å². The second kappa shape index (κ2) is 6.36. The lowest BCUT2D eigenvalue weighted by Gasteiger charge is -2.22. The van der Waals surface area contributed by atoms with Gasteiger partial charge in [-0.15, -0.1) is 0 Å². The van der Waals surface area contributed by atoms with Crippen molar-refractivity contribution in [2.45, 2.75) is 42.3 Å². The van der Waals surface area contributed by atoms with E-state index < -0.39 is 0 Å². The Morgan fingerprint density at radius 1 is 1.47 bits per heavy atom. The molecule has 4 unspecified atom stereocenters. The summed E-state index contributed by atoms with van der Waals surface area (Å²) in [6.07, 6.45) is 3.39. The van der Waals surface area contributed by atoms with Gasteiger partial charge in [0.1, 0.15) is 5.78 Å². The fourth-order valence-corrected chi connectivity index (χ4v) is 3.16. The number of hydrogen-bond donors (Lipinski definition) is 1. The highest BCUT2D eigenvalue weighted by atomic mass is 79.9. The van der Waals surface area contributed by atoms with Crippen LogP contribution in [-0.4, -0.2) is 27.2 Å². The highest BCUT2D eigenvalue weighted by Crippen LogP contribution is 2.35. The van der Waals surface area contributed by atoms with E-state index in [9.17, 15) is 9.90 Å². The quantitative estimate of drug-likeness (QED) is 0.781. The molecular formula is C11H18Br2O2. The van der Waals surface area contributed by atoms with Gasteiger partial charge in [-0.05, 0) is 25.2 Å². The van der Waals surface area contributed by atoms with E-state index in [1.54, 1.807) is 0 Å². The van der Waals surface area contributed by atoms with Crippen molar-refractivity contribution in [1.29, 1.82) is 0 Å². The molecule has 88 valence electrons. The lowest BCUT2D eigenvalue weighted by molar-refractivity contribution is -0.121. The van der Waals surface area contributed by atoms with Gasteiger partial charge in [0.2, 0.25) is 0 Å². The topological polar surface area (TPSA) is 37.3 Å². The van der Waals surface area contributed by atoms with Gasteiger partial charge in [-0.1, -0.05) is 38.8 Å². The minimum Gasteiger partial charge on any atom is -0.396 e. The van der Waals surface area contributed by atoms with Gasteiger partial charge in [0, 0.05) is 28.6 Å². The molecule has 1 rings (SSSR count). The molecule has 1 saturated carbocycles. The summed E-state index contributed by atoms with van der Waals surface area (Å²) in [5.74, 6) is 0.578. The van der Waals surface area contributed by atoms with Crippen LogP contribution < -0.4 is 0 Å². The van der Waals surface area contributed by atoms with Crippen LogP contribution >= 0.6 is 31.9 Å². The monoisotopic (exact) mass is 340 g/mol. The molecule has 2 nitrogen and oxygen atoms in total. The molecule has 0 aliphatic heterocycles. The van der Waals surface area contributed by atoms with Crippen LogP contribution in [0, 0.1) is 11.8 Å². The lowest BCUT2D eigenvalue weighted by atomic mass is 9.91. The fraction of sp³-hybridized carbons (Fsp3) is 0.909. The summed E-state index contributed by atoms with van der Waals surface area (Å²) in [5.41, 5.74) is 0. The fourth-order valence-electron chi connectivity index (χ4n) is 2.17. The maximum Gasteiger partial charge on any atom is 0.136 e. The maximum atomic E-state index is 11.6. The normalized spacial score (nSPS) is 30.5. The van der Waals surface area contributed by atoms with Crippen molar-refractivity contribution in [1.82, 2.24) is 0 Å². The average molecular weight is 342 g/mol. The van der Waals surface area contributed by atoms with E-state index in [1.165, 1.54) is 0 Å². The summed E-state index contributed by atoms with van der Waals surface area (Å²) in [4.78, 5) is 12.4. The summed E-state index contributed by atoms with van der Waals surface area (Å²) < 4.78 is 0. The number of hydrogen-bond acceptors (Lipinski definition) is 2. The third-order valence-electron chi connectivity index (χ3n) is 3.24. The third-order valence-corrected chi connectivity index (χ3v) is 6.25. The Kier molecular flexibility index (Phi) is 5.79. The first kappa shape index (κ1) is 13.7. The largest absolute Gasteiger partial charge is 0.396 e. The molecule has 1 aliphatic carbocycles. The van der Waals surface area contributed by atoms with E-state index >= 15 is 0 Å². The van der Waals surface area contributed by atoms with Crippen molar-refractivity contribution in [2.75, 3.05) is 6.61 Å². The molecule has 0 aromatic rings. The van der Waals surface area contributed by atoms with Gasteiger partial charge in [-0.2, -0.15) is 0 Å². The molecule has 0 radical (unpaired) electrons. The molecule has 1 fully saturated rings. The molecule has 0 aromatic carbocycles. The lowest BCUT2D eigenvalue weighted by Crippen LogP contribution is -2.25. The molecule has 4 atom stereocenters. The third kappa shape index (κ3) is 3.53. The Hall–Kier alpha value is 0.590. The summed E-state index contributed by atoms with van der Waals surface area (Å²) in [6.45, 7) is 2.27. The number of ketones is 1. The van der Waals surface area contributed by atoms with Crippen LogP contribution in [0.15, 0.2) is 0 Å². The van der Waals surface area contributed by atoms with Crippen LogP contribution in [0.2, 0.25) is 0 Å². The SMILES string of the molecule is CCC(Br)C(Br)CC1C(=O)CCC1CO.